The lowest BCUT2D eigenvalue weighted by atomic mass is 9.91. The van der Waals surface area contributed by atoms with Crippen molar-refractivity contribution in [3.63, 3.8) is 0 Å². The van der Waals surface area contributed by atoms with Gasteiger partial charge in [0.15, 0.2) is 11.5 Å². The maximum Gasteiger partial charge on any atom is 0.231 e. The second-order valence-corrected chi connectivity index (χ2v) is 9.28. The number of aromatic nitrogens is 5. The molecule has 2 fully saturated rings. The van der Waals surface area contributed by atoms with Gasteiger partial charge in [-0.1, -0.05) is 18.0 Å². The normalized spacial score (nSPS) is 24.2. The van der Waals surface area contributed by atoms with Crippen LogP contribution in [0.15, 0.2) is 24.8 Å². The third-order valence-electron chi connectivity index (χ3n) is 6.85. The molecular formula is C23H21ClF2N6O2. The summed E-state index contributed by atoms with van der Waals surface area (Å²) in [6.45, 7) is 0. The Morgan fingerprint density at radius 1 is 1.32 bits per heavy atom. The van der Waals surface area contributed by atoms with Crippen LogP contribution in [-0.4, -0.2) is 49.9 Å². The summed E-state index contributed by atoms with van der Waals surface area (Å²) < 4.78 is 36.1. The number of nitrogens with zero attached hydrogens (tertiary/aromatic N) is 4. The number of aromatic amines is 1. The fourth-order valence-electron chi connectivity index (χ4n) is 5.02. The highest BCUT2D eigenvalue weighted by atomic mass is 35.5. The summed E-state index contributed by atoms with van der Waals surface area (Å²) >= 11 is 6.60. The van der Waals surface area contributed by atoms with Gasteiger partial charge >= 0.3 is 0 Å². The molecule has 2 N–H and O–H groups in total. The van der Waals surface area contributed by atoms with Crippen LogP contribution in [0.1, 0.15) is 37.2 Å². The van der Waals surface area contributed by atoms with E-state index in [9.17, 15) is 9.18 Å². The maximum atomic E-state index is 15.7. The van der Waals surface area contributed by atoms with Crippen molar-refractivity contribution in [3.05, 3.63) is 41.2 Å². The van der Waals surface area contributed by atoms with Crippen LogP contribution in [0, 0.1) is 11.7 Å². The highest BCUT2D eigenvalue weighted by Crippen LogP contribution is 2.45. The van der Waals surface area contributed by atoms with E-state index in [-0.39, 0.29) is 29.3 Å². The fourth-order valence-corrected chi connectivity index (χ4v) is 5.32. The number of halogens is 3. The molecule has 2 aliphatic rings. The van der Waals surface area contributed by atoms with Crippen molar-refractivity contribution in [2.75, 3.05) is 12.4 Å². The van der Waals surface area contributed by atoms with Crippen LogP contribution >= 0.6 is 11.6 Å². The molecule has 11 heteroatoms. The number of nitrogens with one attached hydrogen (secondary N) is 2. The van der Waals surface area contributed by atoms with Gasteiger partial charge in [0, 0.05) is 35.7 Å². The molecule has 4 aromatic rings. The number of methoxy groups -OCH3 is 1. The van der Waals surface area contributed by atoms with Gasteiger partial charge < -0.3 is 14.5 Å². The molecule has 3 heterocycles. The second-order valence-electron chi connectivity index (χ2n) is 8.90. The van der Waals surface area contributed by atoms with Crippen molar-refractivity contribution in [2.45, 2.75) is 43.9 Å². The van der Waals surface area contributed by atoms with E-state index in [0.29, 0.717) is 33.4 Å². The highest BCUT2D eigenvalue weighted by Gasteiger charge is 2.43. The van der Waals surface area contributed by atoms with Gasteiger partial charge in [0.25, 0.3) is 0 Å². The number of benzene rings is 1. The van der Waals surface area contributed by atoms with Gasteiger partial charge in [-0.15, -0.1) is 0 Å². The molecule has 0 spiro atoms. The minimum absolute atomic E-state index is 0.0335. The van der Waals surface area contributed by atoms with E-state index in [1.54, 1.807) is 30.1 Å². The van der Waals surface area contributed by atoms with Crippen molar-refractivity contribution >= 4 is 39.9 Å². The topological polar surface area (TPSA) is 97.2 Å². The molecule has 4 atom stereocenters. The number of fused-ring (bicyclic) bond motifs is 2. The van der Waals surface area contributed by atoms with E-state index < -0.39 is 23.8 Å². The van der Waals surface area contributed by atoms with Gasteiger partial charge in [-0.05, 0) is 19.3 Å². The van der Waals surface area contributed by atoms with Gasteiger partial charge in [0.2, 0.25) is 5.91 Å². The lowest BCUT2D eigenvalue weighted by Gasteiger charge is -2.21. The molecule has 2 saturated carbocycles. The number of hydrogen-bond donors (Lipinski definition) is 2. The van der Waals surface area contributed by atoms with E-state index >= 15 is 4.39 Å². The van der Waals surface area contributed by atoms with Crippen molar-refractivity contribution in [2.24, 2.45) is 5.92 Å². The molecule has 6 rings (SSSR count). The summed E-state index contributed by atoms with van der Waals surface area (Å²) in [7, 11) is 1.64. The molecule has 3 aromatic heterocycles. The van der Waals surface area contributed by atoms with Crippen LogP contribution < -0.4 is 5.32 Å². The number of carbonyl (C=O) groups excluding carboxylic acids is 1. The summed E-state index contributed by atoms with van der Waals surface area (Å²) in [5.74, 6) is -1.36. The summed E-state index contributed by atoms with van der Waals surface area (Å²) in [6.07, 6.45) is 8.05. The van der Waals surface area contributed by atoms with Crippen molar-refractivity contribution in [1.82, 2.24) is 24.6 Å². The standard InChI is InChI=1S/C23H21ClF2N6O2/c1-34-15-4-2-3-10(15)19-21(26)20(24)18(12-6-28-31-22(12)19)14-8-32-9-16(29-17(32)7-27-14)30-23(33)11-5-13(11)25/h6-11,13,15H,2-5H2,1H3,(H,28,31)(H,30,33). The zero-order valence-corrected chi connectivity index (χ0v) is 18.9. The zero-order chi connectivity index (χ0) is 23.6. The Balaban J connectivity index is 1.42. The number of carbonyl (C=O) groups is 1. The van der Waals surface area contributed by atoms with E-state index in [1.165, 1.54) is 6.20 Å². The number of rotatable bonds is 5. The molecule has 0 bridgehead atoms. The second kappa shape index (κ2) is 7.99. The van der Waals surface area contributed by atoms with E-state index in [4.69, 9.17) is 16.3 Å². The van der Waals surface area contributed by atoms with Crippen LogP contribution in [0.3, 0.4) is 0 Å². The molecule has 4 unspecified atom stereocenters. The Kier molecular flexibility index (Phi) is 5.03. The fraction of sp³-hybridized carbons (Fsp3) is 0.391. The maximum absolute atomic E-state index is 15.7. The lowest BCUT2D eigenvalue weighted by Crippen LogP contribution is -2.16. The van der Waals surface area contributed by atoms with Crippen LogP contribution in [0.25, 0.3) is 27.8 Å². The molecule has 8 nitrogen and oxygen atoms in total. The van der Waals surface area contributed by atoms with Crippen molar-refractivity contribution in [3.8, 4) is 11.3 Å². The Morgan fingerprint density at radius 2 is 2.15 bits per heavy atom. The number of alkyl halides is 1. The van der Waals surface area contributed by atoms with Gasteiger partial charge in [-0.2, -0.15) is 5.10 Å². The summed E-state index contributed by atoms with van der Waals surface area (Å²) in [5, 5.41) is 10.4. The monoisotopic (exact) mass is 486 g/mol. The third-order valence-corrected chi connectivity index (χ3v) is 7.21. The minimum Gasteiger partial charge on any atom is -0.381 e. The highest BCUT2D eigenvalue weighted by molar-refractivity contribution is 6.35. The first-order valence-corrected chi connectivity index (χ1v) is 11.5. The van der Waals surface area contributed by atoms with Crippen LogP contribution in [-0.2, 0) is 9.53 Å². The first kappa shape index (κ1) is 21.4. The first-order valence-electron chi connectivity index (χ1n) is 11.1. The van der Waals surface area contributed by atoms with Gasteiger partial charge in [0.1, 0.15) is 12.0 Å². The molecule has 2 aliphatic carbocycles. The Labute approximate surface area is 197 Å². The Morgan fingerprint density at radius 3 is 2.91 bits per heavy atom. The SMILES string of the molecule is COC1CCCC1c1c(F)c(Cl)c(-c2cn3cc(NC(=O)C4CC4F)nc3cn2)c2cn[nH]c12. The van der Waals surface area contributed by atoms with Gasteiger partial charge in [-0.3, -0.25) is 14.9 Å². The predicted molar refractivity (Wildman–Crippen MR) is 122 cm³/mol. The van der Waals surface area contributed by atoms with Crippen molar-refractivity contribution < 1.29 is 18.3 Å². The van der Waals surface area contributed by atoms with Gasteiger partial charge in [-0.25, -0.2) is 13.8 Å². The summed E-state index contributed by atoms with van der Waals surface area (Å²) in [6, 6.07) is 0. The molecule has 176 valence electrons. The number of anilines is 1. The Bertz CT molecular complexity index is 1440. The predicted octanol–water partition coefficient (Wildman–Crippen LogP) is 4.64. The molecule has 1 amide bonds. The Hall–Kier alpha value is -3.11. The van der Waals surface area contributed by atoms with Crippen LogP contribution in [0.5, 0.6) is 0 Å². The third kappa shape index (κ3) is 3.35. The number of H-pyrrole nitrogens is 1. The molecule has 1 aromatic carbocycles. The van der Waals surface area contributed by atoms with Crippen LogP contribution in [0.2, 0.25) is 5.02 Å². The largest absolute Gasteiger partial charge is 0.381 e. The quantitative estimate of drug-likeness (QED) is 0.428. The lowest BCUT2D eigenvalue weighted by molar-refractivity contribution is -0.117. The summed E-state index contributed by atoms with van der Waals surface area (Å²) in [5.41, 5.74) is 2.38. The smallest absolute Gasteiger partial charge is 0.231 e. The van der Waals surface area contributed by atoms with Gasteiger partial charge in [0.05, 0.1) is 46.8 Å². The summed E-state index contributed by atoms with van der Waals surface area (Å²) in [4.78, 5) is 20.8. The average molecular weight is 487 g/mol. The minimum atomic E-state index is -1.09. The number of hydrogen-bond acceptors (Lipinski definition) is 5. The number of amides is 1. The van der Waals surface area contributed by atoms with E-state index in [2.05, 4.69) is 25.5 Å². The number of imidazole rings is 1. The molecular weight excluding hydrogens is 466 g/mol. The van der Waals surface area contributed by atoms with Crippen LogP contribution in [0.4, 0.5) is 14.6 Å². The molecule has 0 saturated heterocycles. The van der Waals surface area contributed by atoms with E-state index in [0.717, 1.165) is 19.3 Å². The van der Waals surface area contributed by atoms with Crippen molar-refractivity contribution in [1.29, 1.82) is 0 Å². The van der Waals surface area contributed by atoms with E-state index in [1.807, 2.05) is 0 Å². The molecule has 0 radical (unpaired) electrons. The molecule has 34 heavy (non-hydrogen) atoms. The first-order chi connectivity index (χ1) is 16.5. The molecule has 0 aliphatic heterocycles. The number of ether oxygens (including phenoxy) is 1. The average Bonchev–Trinajstić information content (AvgIpc) is 3.22. The zero-order valence-electron chi connectivity index (χ0n) is 18.2.